The van der Waals surface area contributed by atoms with Crippen LogP contribution in [0.25, 0.3) is 11.4 Å². The lowest BCUT2D eigenvalue weighted by atomic mass is 10.2. The SMILES string of the molecule is CCCCn1c(SCC(=O)Nc2ccc(C#N)cc2)nnc1-c1ccc(OC)cc1. The molecule has 1 heterocycles. The summed E-state index contributed by atoms with van der Waals surface area (Å²) in [4.78, 5) is 12.3. The van der Waals surface area contributed by atoms with Gasteiger partial charge in [0.15, 0.2) is 11.0 Å². The van der Waals surface area contributed by atoms with Gasteiger partial charge in [-0.2, -0.15) is 5.26 Å². The number of ether oxygens (including phenoxy) is 1. The van der Waals surface area contributed by atoms with Gasteiger partial charge in [0.05, 0.1) is 24.5 Å². The summed E-state index contributed by atoms with van der Waals surface area (Å²) in [6.45, 7) is 2.92. The Balaban J connectivity index is 1.70. The van der Waals surface area contributed by atoms with Crippen LogP contribution in [0.4, 0.5) is 5.69 Å². The third-order valence-electron chi connectivity index (χ3n) is 4.43. The highest BCUT2D eigenvalue weighted by atomic mass is 32.2. The molecule has 0 saturated heterocycles. The molecule has 0 aliphatic carbocycles. The number of nitrogens with one attached hydrogen (secondary N) is 1. The van der Waals surface area contributed by atoms with Crippen molar-refractivity contribution in [1.82, 2.24) is 14.8 Å². The number of aromatic nitrogens is 3. The molecule has 3 rings (SSSR count). The van der Waals surface area contributed by atoms with Crippen LogP contribution in [-0.4, -0.2) is 33.5 Å². The molecule has 0 aliphatic heterocycles. The molecule has 0 bridgehead atoms. The number of carbonyl (C=O) groups excluding carboxylic acids is 1. The van der Waals surface area contributed by atoms with Crippen LogP contribution in [0.2, 0.25) is 0 Å². The first-order valence-electron chi connectivity index (χ1n) is 9.65. The van der Waals surface area contributed by atoms with Gasteiger partial charge in [0.2, 0.25) is 5.91 Å². The first-order valence-corrected chi connectivity index (χ1v) is 10.6. The molecule has 0 fully saturated rings. The second-order valence-electron chi connectivity index (χ2n) is 6.57. The average Bonchev–Trinajstić information content (AvgIpc) is 3.19. The van der Waals surface area contributed by atoms with E-state index in [1.54, 1.807) is 31.4 Å². The van der Waals surface area contributed by atoms with Gasteiger partial charge in [-0.1, -0.05) is 25.1 Å². The van der Waals surface area contributed by atoms with E-state index >= 15 is 0 Å². The molecular weight excluding hydrogens is 398 g/mol. The minimum Gasteiger partial charge on any atom is -0.497 e. The van der Waals surface area contributed by atoms with Crippen molar-refractivity contribution in [3.05, 3.63) is 54.1 Å². The minimum atomic E-state index is -0.138. The zero-order chi connectivity index (χ0) is 21.3. The maximum Gasteiger partial charge on any atom is 0.234 e. The first-order chi connectivity index (χ1) is 14.6. The number of unbranched alkanes of at least 4 members (excludes halogenated alkanes) is 1. The summed E-state index contributed by atoms with van der Waals surface area (Å²) in [5.41, 5.74) is 2.16. The number of carbonyl (C=O) groups is 1. The van der Waals surface area contributed by atoms with Gasteiger partial charge in [-0.25, -0.2) is 0 Å². The molecule has 2 aromatic carbocycles. The first kappa shape index (κ1) is 21.4. The van der Waals surface area contributed by atoms with Crippen molar-refractivity contribution in [3.63, 3.8) is 0 Å². The van der Waals surface area contributed by atoms with Crippen molar-refractivity contribution in [2.75, 3.05) is 18.2 Å². The number of methoxy groups -OCH3 is 1. The molecule has 7 nitrogen and oxygen atoms in total. The van der Waals surface area contributed by atoms with Crippen LogP contribution in [0.5, 0.6) is 5.75 Å². The predicted molar refractivity (Wildman–Crippen MR) is 117 cm³/mol. The lowest BCUT2D eigenvalue weighted by Crippen LogP contribution is -2.14. The summed E-state index contributed by atoms with van der Waals surface area (Å²) in [6.07, 6.45) is 2.04. The summed E-state index contributed by atoms with van der Waals surface area (Å²) < 4.78 is 7.29. The minimum absolute atomic E-state index is 0.138. The van der Waals surface area contributed by atoms with Gasteiger partial charge in [0, 0.05) is 17.8 Å². The number of anilines is 1. The third kappa shape index (κ3) is 5.39. The molecule has 1 aromatic heterocycles. The highest BCUT2D eigenvalue weighted by molar-refractivity contribution is 7.99. The van der Waals surface area contributed by atoms with Gasteiger partial charge >= 0.3 is 0 Å². The summed E-state index contributed by atoms with van der Waals surface area (Å²) in [5.74, 6) is 1.64. The van der Waals surface area contributed by atoms with E-state index in [4.69, 9.17) is 10.00 Å². The monoisotopic (exact) mass is 421 g/mol. The van der Waals surface area contributed by atoms with Crippen LogP contribution < -0.4 is 10.1 Å². The van der Waals surface area contributed by atoms with Crippen LogP contribution in [0.15, 0.2) is 53.7 Å². The molecule has 1 amide bonds. The van der Waals surface area contributed by atoms with E-state index in [0.717, 1.165) is 36.5 Å². The highest BCUT2D eigenvalue weighted by Crippen LogP contribution is 2.26. The molecule has 0 spiro atoms. The number of hydrogen-bond donors (Lipinski definition) is 1. The van der Waals surface area contributed by atoms with Gasteiger partial charge in [-0.3, -0.25) is 4.79 Å². The van der Waals surface area contributed by atoms with Gasteiger partial charge in [0.25, 0.3) is 0 Å². The number of nitrogens with zero attached hydrogens (tertiary/aromatic N) is 4. The van der Waals surface area contributed by atoms with Crippen LogP contribution in [0, 0.1) is 11.3 Å². The highest BCUT2D eigenvalue weighted by Gasteiger charge is 2.15. The standard InChI is InChI=1S/C22H23N5O2S/c1-3-4-13-27-21(17-7-11-19(29-2)12-8-17)25-26-22(27)30-15-20(28)24-18-9-5-16(14-23)6-10-18/h5-12H,3-4,13,15H2,1-2H3,(H,24,28). The molecule has 154 valence electrons. The van der Waals surface area contributed by atoms with E-state index in [1.165, 1.54) is 11.8 Å². The van der Waals surface area contributed by atoms with E-state index < -0.39 is 0 Å². The fraction of sp³-hybridized carbons (Fsp3) is 0.273. The Labute approximate surface area is 180 Å². The second-order valence-corrected chi connectivity index (χ2v) is 7.51. The van der Waals surface area contributed by atoms with Crippen molar-refractivity contribution in [2.45, 2.75) is 31.5 Å². The van der Waals surface area contributed by atoms with Crippen molar-refractivity contribution in [3.8, 4) is 23.2 Å². The van der Waals surface area contributed by atoms with Crippen LogP contribution in [-0.2, 0) is 11.3 Å². The molecule has 0 radical (unpaired) electrons. The van der Waals surface area contributed by atoms with Crippen LogP contribution in [0.3, 0.4) is 0 Å². The number of thioether (sulfide) groups is 1. The van der Waals surface area contributed by atoms with Crippen LogP contribution in [0.1, 0.15) is 25.3 Å². The Morgan fingerprint density at radius 1 is 1.17 bits per heavy atom. The number of nitriles is 1. The van der Waals surface area contributed by atoms with Gasteiger partial charge in [0.1, 0.15) is 5.75 Å². The topological polar surface area (TPSA) is 92.8 Å². The maximum absolute atomic E-state index is 12.3. The second kappa shape index (κ2) is 10.5. The molecular formula is C22H23N5O2S. The number of benzene rings is 2. The molecule has 30 heavy (non-hydrogen) atoms. The summed E-state index contributed by atoms with van der Waals surface area (Å²) in [5, 5.41) is 21.1. The number of amides is 1. The molecule has 0 aliphatic rings. The molecule has 0 unspecified atom stereocenters. The quantitative estimate of drug-likeness (QED) is 0.516. The van der Waals surface area contributed by atoms with Crippen molar-refractivity contribution in [1.29, 1.82) is 5.26 Å². The maximum atomic E-state index is 12.3. The lowest BCUT2D eigenvalue weighted by Gasteiger charge is -2.10. The average molecular weight is 422 g/mol. The van der Waals surface area contributed by atoms with Crippen LogP contribution >= 0.6 is 11.8 Å². The van der Waals surface area contributed by atoms with E-state index in [0.29, 0.717) is 16.4 Å². The zero-order valence-electron chi connectivity index (χ0n) is 17.0. The Kier molecular flexibility index (Phi) is 7.46. The fourth-order valence-electron chi connectivity index (χ4n) is 2.82. The molecule has 0 saturated carbocycles. The largest absolute Gasteiger partial charge is 0.497 e. The Hall–Kier alpha value is -3.31. The molecule has 0 atom stereocenters. The number of hydrogen-bond acceptors (Lipinski definition) is 6. The lowest BCUT2D eigenvalue weighted by molar-refractivity contribution is -0.113. The van der Waals surface area contributed by atoms with E-state index in [-0.39, 0.29) is 11.7 Å². The third-order valence-corrected chi connectivity index (χ3v) is 5.40. The normalized spacial score (nSPS) is 10.4. The molecule has 1 N–H and O–H groups in total. The van der Waals surface area contributed by atoms with E-state index in [9.17, 15) is 4.79 Å². The van der Waals surface area contributed by atoms with E-state index in [1.807, 2.05) is 24.3 Å². The van der Waals surface area contributed by atoms with Crippen molar-refractivity contribution in [2.24, 2.45) is 0 Å². The Morgan fingerprint density at radius 3 is 2.53 bits per heavy atom. The number of rotatable bonds is 9. The summed E-state index contributed by atoms with van der Waals surface area (Å²) in [6, 6.07) is 16.5. The Morgan fingerprint density at radius 2 is 1.90 bits per heavy atom. The van der Waals surface area contributed by atoms with Crippen molar-refractivity contribution >= 4 is 23.4 Å². The fourth-order valence-corrected chi connectivity index (χ4v) is 3.59. The molecule has 8 heteroatoms. The Bertz CT molecular complexity index is 1020. The summed E-state index contributed by atoms with van der Waals surface area (Å²) in [7, 11) is 1.64. The molecule has 3 aromatic rings. The van der Waals surface area contributed by atoms with Gasteiger partial charge in [-0.05, 0) is 55.0 Å². The summed E-state index contributed by atoms with van der Waals surface area (Å²) >= 11 is 1.36. The van der Waals surface area contributed by atoms with E-state index in [2.05, 4.69) is 33.1 Å². The predicted octanol–water partition coefficient (Wildman–Crippen LogP) is 4.36. The van der Waals surface area contributed by atoms with Gasteiger partial charge < -0.3 is 14.6 Å². The smallest absolute Gasteiger partial charge is 0.234 e. The zero-order valence-corrected chi connectivity index (χ0v) is 17.8. The van der Waals surface area contributed by atoms with Gasteiger partial charge in [-0.15, -0.1) is 10.2 Å². The van der Waals surface area contributed by atoms with Crippen molar-refractivity contribution < 1.29 is 9.53 Å².